The average molecular weight is 145 g/mol. The largest absolute Gasteiger partial charge is 0.307 e. The first-order valence-corrected chi connectivity index (χ1v) is 2.65. The van der Waals surface area contributed by atoms with E-state index in [2.05, 4.69) is 15.6 Å². The SMILES string of the molecule is NNc1cc(Cl)cnn1. The van der Waals surface area contributed by atoms with Crippen molar-refractivity contribution < 1.29 is 0 Å². The molecule has 1 aromatic heterocycles. The Morgan fingerprint density at radius 2 is 2.44 bits per heavy atom. The van der Waals surface area contributed by atoms with Crippen molar-refractivity contribution in [2.75, 3.05) is 5.43 Å². The van der Waals surface area contributed by atoms with Crippen LogP contribution < -0.4 is 11.3 Å². The summed E-state index contributed by atoms with van der Waals surface area (Å²) in [7, 11) is 0. The second-order valence-corrected chi connectivity index (χ2v) is 1.84. The van der Waals surface area contributed by atoms with Crippen LogP contribution in [0.4, 0.5) is 5.82 Å². The van der Waals surface area contributed by atoms with Crippen molar-refractivity contribution in [1.82, 2.24) is 10.2 Å². The standard InChI is InChI=1S/C4H5ClN4/c5-3-1-4(8-6)9-7-2-3/h1-2H,6H2,(H,8,9). The van der Waals surface area contributed by atoms with Gasteiger partial charge >= 0.3 is 0 Å². The molecule has 9 heavy (non-hydrogen) atoms. The van der Waals surface area contributed by atoms with E-state index < -0.39 is 0 Å². The van der Waals surface area contributed by atoms with Gasteiger partial charge in [-0.1, -0.05) is 11.6 Å². The Morgan fingerprint density at radius 3 is 2.89 bits per heavy atom. The van der Waals surface area contributed by atoms with Gasteiger partial charge in [0.15, 0.2) is 5.82 Å². The summed E-state index contributed by atoms with van der Waals surface area (Å²) >= 11 is 5.53. The first kappa shape index (κ1) is 6.25. The molecule has 0 radical (unpaired) electrons. The summed E-state index contributed by atoms with van der Waals surface area (Å²) in [5, 5.41) is 7.63. The fourth-order valence-corrected chi connectivity index (χ4v) is 0.560. The van der Waals surface area contributed by atoms with E-state index in [9.17, 15) is 0 Å². The van der Waals surface area contributed by atoms with E-state index in [0.717, 1.165) is 0 Å². The van der Waals surface area contributed by atoms with Crippen LogP contribution in [0, 0.1) is 0 Å². The molecule has 0 unspecified atom stereocenters. The van der Waals surface area contributed by atoms with Crippen LogP contribution in [0.25, 0.3) is 0 Å². The first-order chi connectivity index (χ1) is 4.33. The molecule has 0 aromatic carbocycles. The molecule has 0 amide bonds. The first-order valence-electron chi connectivity index (χ1n) is 2.28. The van der Waals surface area contributed by atoms with E-state index in [1.807, 2.05) is 0 Å². The Bertz CT molecular complexity index is 202. The molecule has 3 N–H and O–H groups in total. The summed E-state index contributed by atoms with van der Waals surface area (Å²) in [5.74, 6) is 5.47. The molecule has 4 nitrogen and oxygen atoms in total. The number of nitrogens with zero attached hydrogens (tertiary/aromatic N) is 2. The van der Waals surface area contributed by atoms with Crippen LogP contribution in [0.2, 0.25) is 5.02 Å². The highest BCUT2D eigenvalue weighted by atomic mass is 35.5. The van der Waals surface area contributed by atoms with E-state index in [1.165, 1.54) is 6.20 Å². The summed E-state index contributed by atoms with van der Waals surface area (Å²) in [5.41, 5.74) is 2.31. The number of nitrogens with two attached hydrogens (primary N) is 1. The Balaban J connectivity index is 2.94. The Morgan fingerprint density at radius 1 is 1.67 bits per heavy atom. The second-order valence-electron chi connectivity index (χ2n) is 1.40. The molecular formula is C4H5ClN4. The van der Waals surface area contributed by atoms with Gasteiger partial charge in [-0.05, 0) is 0 Å². The van der Waals surface area contributed by atoms with Crippen molar-refractivity contribution in [3.8, 4) is 0 Å². The zero-order chi connectivity index (χ0) is 6.69. The number of hydrogen-bond donors (Lipinski definition) is 2. The zero-order valence-electron chi connectivity index (χ0n) is 4.50. The van der Waals surface area contributed by atoms with Gasteiger partial charge in [0.25, 0.3) is 0 Å². The van der Waals surface area contributed by atoms with Crippen molar-refractivity contribution in [3.63, 3.8) is 0 Å². The number of hydrazine groups is 1. The van der Waals surface area contributed by atoms with Crippen molar-refractivity contribution in [2.45, 2.75) is 0 Å². The van der Waals surface area contributed by atoms with Gasteiger partial charge in [0.2, 0.25) is 0 Å². The molecule has 0 aliphatic carbocycles. The van der Waals surface area contributed by atoms with Crippen LogP contribution in [0.3, 0.4) is 0 Å². The Labute approximate surface area is 57.0 Å². The molecule has 1 aromatic rings. The smallest absolute Gasteiger partial charge is 0.164 e. The monoisotopic (exact) mass is 144 g/mol. The van der Waals surface area contributed by atoms with Crippen LogP contribution in [0.5, 0.6) is 0 Å². The van der Waals surface area contributed by atoms with Crippen LogP contribution in [0.15, 0.2) is 12.3 Å². The zero-order valence-corrected chi connectivity index (χ0v) is 5.26. The summed E-state index contributed by atoms with van der Waals surface area (Å²) in [6.07, 6.45) is 1.43. The molecule has 0 atom stereocenters. The molecule has 1 rings (SSSR count). The van der Waals surface area contributed by atoms with Gasteiger partial charge in [0.1, 0.15) is 0 Å². The predicted molar refractivity (Wildman–Crippen MR) is 34.9 cm³/mol. The molecular weight excluding hydrogens is 140 g/mol. The summed E-state index contributed by atoms with van der Waals surface area (Å²) in [4.78, 5) is 0. The highest BCUT2D eigenvalue weighted by molar-refractivity contribution is 6.30. The van der Waals surface area contributed by atoms with Gasteiger partial charge in [-0.3, -0.25) is 0 Å². The maximum atomic E-state index is 5.53. The molecule has 5 heteroatoms. The molecule has 0 spiro atoms. The van der Waals surface area contributed by atoms with Gasteiger partial charge in [-0.15, -0.1) is 5.10 Å². The summed E-state index contributed by atoms with van der Waals surface area (Å²) in [6, 6.07) is 1.58. The molecule has 0 aliphatic heterocycles. The molecule has 0 saturated heterocycles. The molecule has 0 saturated carbocycles. The van der Waals surface area contributed by atoms with Crippen LogP contribution in [-0.4, -0.2) is 10.2 Å². The van der Waals surface area contributed by atoms with Gasteiger partial charge in [0, 0.05) is 6.07 Å². The Hall–Kier alpha value is -0.870. The number of anilines is 1. The van der Waals surface area contributed by atoms with Crippen molar-refractivity contribution in [3.05, 3.63) is 17.3 Å². The lowest BCUT2D eigenvalue weighted by atomic mass is 10.5. The number of nitrogens with one attached hydrogen (secondary N) is 1. The third-order valence-electron chi connectivity index (χ3n) is 0.769. The van der Waals surface area contributed by atoms with E-state index in [4.69, 9.17) is 17.4 Å². The maximum absolute atomic E-state index is 5.53. The molecule has 0 fully saturated rings. The average Bonchev–Trinajstić information content (AvgIpc) is 1.88. The third kappa shape index (κ3) is 1.51. The van der Waals surface area contributed by atoms with Crippen LogP contribution >= 0.6 is 11.6 Å². The number of halogens is 1. The lowest BCUT2D eigenvalue weighted by Gasteiger charge is -1.94. The van der Waals surface area contributed by atoms with E-state index >= 15 is 0 Å². The highest BCUT2D eigenvalue weighted by Gasteiger charge is 1.90. The fraction of sp³-hybridized carbons (Fsp3) is 0. The Kier molecular flexibility index (Phi) is 1.81. The fourth-order valence-electron chi connectivity index (χ4n) is 0.414. The summed E-state index contributed by atoms with van der Waals surface area (Å²) < 4.78 is 0. The minimum absolute atomic E-state index is 0.461. The van der Waals surface area contributed by atoms with Crippen molar-refractivity contribution in [2.24, 2.45) is 5.84 Å². The molecule has 0 bridgehead atoms. The van der Waals surface area contributed by atoms with Crippen molar-refractivity contribution in [1.29, 1.82) is 0 Å². The number of nitrogen functional groups attached to an aromatic ring is 1. The maximum Gasteiger partial charge on any atom is 0.164 e. The second kappa shape index (κ2) is 2.61. The van der Waals surface area contributed by atoms with Gasteiger partial charge < -0.3 is 5.43 Å². The third-order valence-corrected chi connectivity index (χ3v) is 0.976. The van der Waals surface area contributed by atoms with Crippen molar-refractivity contribution >= 4 is 17.4 Å². The minimum Gasteiger partial charge on any atom is -0.307 e. The topological polar surface area (TPSA) is 63.8 Å². The van der Waals surface area contributed by atoms with Gasteiger partial charge in [-0.25, -0.2) is 5.84 Å². The van der Waals surface area contributed by atoms with E-state index in [0.29, 0.717) is 10.8 Å². The molecule has 0 aliphatic rings. The minimum atomic E-state index is 0.461. The van der Waals surface area contributed by atoms with Crippen LogP contribution in [0.1, 0.15) is 0 Å². The lowest BCUT2D eigenvalue weighted by molar-refractivity contribution is 1.02. The normalized spacial score (nSPS) is 9.11. The highest BCUT2D eigenvalue weighted by Crippen LogP contribution is 2.07. The van der Waals surface area contributed by atoms with Gasteiger partial charge in [-0.2, -0.15) is 5.10 Å². The number of aromatic nitrogens is 2. The number of rotatable bonds is 1. The lowest BCUT2D eigenvalue weighted by Crippen LogP contribution is -2.08. The predicted octanol–water partition coefficient (Wildman–Crippen LogP) is 0.416. The quantitative estimate of drug-likeness (QED) is 0.443. The summed E-state index contributed by atoms with van der Waals surface area (Å²) in [6.45, 7) is 0. The van der Waals surface area contributed by atoms with Crippen LogP contribution in [-0.2, 0) is 0 Å². The number of hydrogen-bond acceptors (Lipinski definition) is 4. The van der Waals surface area contributed by atoms with E-state index in [1.54, 1.807) is 6.07 Å². The molecule has 1 heterocycles. The van der Waals surface area contributed by atoms with Gasteiger partial charge in [0.05, 0.1) is 11.2 Å². The molecule has 48 valence electrons. The van der Waals surface area contributed by atoms with E-state index in [-0.39, 0.29) is 0 Å².